The van der Waals surface area contributed by atoms with Crippen molar-refractivity contribution < 1.29 is 9.32 Å². The van der Waals surface area contributed by atoms with Gasteiger partial charge in [-0.05, 0) is 25.7 Å². The maximum atomic E-state index is 11.8. The molecule has 1 aliphatic rings. The maximum Gasteiger partial charge on any atom is 0.290 e. The van der Waals surface area contributed by atoms with Gasteiger partial charge in [0.25, 0.3) is 5.91 Å². The molecule has 0 saturated heterocycles. The van der Waals surface area contributed by atoms with E-state index in [1.807, 2.05) is 6.92 Å². The van der Waals surface area contributed by atoms with Gasteiger partial charge in [0.2, 0.25) is 5.76 Å². The van der Waals surface area contributed by atoms with Crippen molar-refractivity contribution in [2.75, 3.05) is 0 Å². The molecule has 1 aliphatic carbocycles. The molecule has 1 amide bonds. The van der Waals surface area contributed by atoms with E-state index in [2.05, 4.69) is 17.4 Å². The molecule has 2 unspecified atom stereocenters. The fourth-order valence-electron chi connectivity index (χ4n) is 2.29. The van der Waals surface area contributed by atoms with Gasteiger partial charge in [-0.25, -0.2) is 0 Å². The second-order valence-electron chi connectivity index (χ2n) is 4.77. The van der Waals surface area contributed by atoms with Gasteiger partial charge in [0.15, 0.2) is 0 Å². The number of aryl methyl sites for hydroxylation is 1. The first-order chi connectivity index (χ1) is 7.65. The molecule has 0 spiro atoms. The summed E-state index contributed by atoms with van der Waals surface area (Å²) in [6.07, 6.45) is 4.61. The van der Waals surface area contributed by atoms with Gasteiger partial charge < -0.3 is 9.84 Å². The van der Waals surface area contributed by atoms with Crippen molar-refractivity contribution in [3.05, 3.63) is 17.5 Å². The van der Waals surface area contributed by atoms with Gasteiger partial charge in [0.1, 0.15) is 0 Å². The van der Waals surface area contributed by atoms with Gasteiger partial charge in [-0.3, -0.25) is 4.79 Å². The molecule has 1 fully saturated rings. The lowest BCUT2D eigenvalue weighted by Crippen LogP contribution is -2.37. The van der Waals surface area contributed by atoms with E-state index in [4.69, 9.17) is 4.52 Å². The Bertz CT molecular complexity index is 373. The molecule has 0 bridgehead atoms. The van der Waals surface area contributed by atoms with Gasteiger partial charge in [0, 0.05) is 12.1 Å². The van der Waals surface area contributed by atoms with Crippen molar-refractivity contribution >= 4 is 5.91 Å². The second kappa shape index (κ2) is 4.68. The highest BCUT2D eigenvalue weighted by Gasteiger charge is 2.22. The van der Waals surface area contributed by atoms with E-state index in [-0.39, 0.29) is 5.91 Å². The van der Waals surface area contributed by atoms with Crippen LogP contribution < -0.4 is 5.32 Å². The molecule has 2 atom stereocenters. The molecule has 1 heterocycles. The average molecular weight is 222 g/mol. The third-order valence-electron chi connectivity index (χ3n) is 3.12. The third-order valence-corrected chi connectivity index (χ3v) is 3.12. The Morgan fingerprint density at radius 3 is 3.00 bits per heavy atom. The van der Waals surface area contributed by atoms with Crippen molar-refractivity contribution in [3.63, 3.8) is 0 Å². The Labute approximate surface area is 95.4 Å². The first-order valence-electron chi connectivity index (χ1n) is 5.89. The fraction of sp³-hybridized carbons (Fsp3) is 0.667. The number of nitrogens with zero attached hydrogens (tertiary/aromatic N) is 1. The number of carbonyl (C=O) groups is 1. The summed E-state index contributed by atoms with van der Waals surface area (Å²) in [6.45, 7) is 4.04. The molecule has 0 aromatic carbocycles. The molecule has 0 radical (unpaired) electrons. The maximum absolute atomic E-state index is 11.8. The lowest BCUT2D eigenvalue weighted by molar-refractivity contribution is 0.0884. The van der Waals surface area contributed by atoms with E-state index in [0.717, 1.165) is 18.5 Å². The Morgan fingerprint density at radius 1 is 1.56 bits per heavy atom. The minimum atomic E-state index is -0.139. The van der Waals surface area contributed by atoms with Gasteiger partial charge in [-0.1, -0.05) is 24.9 Å². The van der Waals surface area contributed by atoms with E-state index < -0.39 is 0 Å². The smallest absolute Gasteiger partial charge is 0.290 e. The number of hydrogen-bond acceptors (Lipinski definition) is 3. The topological polar surface area (TPSA) is 55.1 Å². The molecule has 88 valence electrons. The predicted molar refractivity (Wildman–Crippen MR) is 60.1 cm³/mol. The standard InChI is InChI=1S/C12H18N2O2/c1-8-4-3-5-10(6-8)13-12(15)11-7-9(2)14-16-11/h7-8,10H,3-6H2,1-2H3,(H,13,15). The van der Waals surface area contributed by atoms with Crippen molar-refractivity contribution in [1.82, 2.24) is 10.5 Å². The van der Waals surface area contributed by atoms with Crippen LogP contribution in [0.5, 0.6) is 0 Å². The van der Waals surface area contributed by atoms with Crippen molar-refractivity contribution in [2.24, 2.45) is 5.92 Å². The lowest BCUT2D eigenvalue weighted by Gasteiger charge is -2.26. The molecule has 16 heavy (non-hydrogen) atoms. The average Bonchev–Trinajstić information content (AvgIpc) is 2.65. The van der Waals surface area contributed by atoms with Crippen molar-refractivity contribution in [3.8, 4) is 0 Å². The molecule has 1 N–H and O–H groups in total. The van der Waals surface area contributed by atoms with Gasteiger partial charge in [-0.15, -0.1) is 0 Å². The summed E-state index contributed by atoms with van der Waals surface area (Å²) in [7, 11) is 0. The summed E-state index contributed by atoms with van der Waals surface area (Å²) in [4.78, 5) is 11.8. The zero-order valence-corrected chi connectivity index (χ0v) is 9.82. The van der Waals surface area contributed by atoms with Crippen LogP contribution in [0.4, 0.5) is 0 Å². The molecule has 4 heteroatoms. The van der Waals surface area contributed by atoms with E-state index in [0.29, 0.717) is 17.7 Å². The van der Waals surface area contributed by atoms with Crippen molar-refractivity contribution in [1.29, 1.82) is 0 Å². The van der Waals surface area contributed by atoms with Gasteiger partial charge >= 0.3 is 0 Å². The quantitative estimate of drug-likeness (QED) is 0.835. The zero-order valence-electron chi connectivity index (χ0n) is 9.82. The number of rotatable bonds is 2. The van der Waals surface area contributed by atoms with Gasteiger partial charge in [-0.2, -0.15) is 0 Å². The van der Waals surface area contributed by atoms with Crippen LogP contribution in [0.2, 0.25) is 0 Å². The first kappa shape index (κ1) is 11.2. The number of aromatic nitrogens is 1. The summed E-state index contributed by atoms with van der Waals surface area (Å²) in [5, 5.41) is 6.72. The second-order valence-corrected chi connectivity index (χ2v) is 4.77. The summed E-state index contributed by atoms with van der Waals surface area (Å²) in [5.41, 5.74) is 0.738. The van der Waals surface area contributed by atoms with Crippen LogP contribution >= 0.6 is 0 Å². The Kier molecular flexibility index (Phi) is 3.27. The highest BCUT2D eigenvalue weighted by atomic mass is 16.5. The Balaban J connectivity index is 1.92. The molecule has 0 aliphatic heterocycles. The predicted octanol–water partition coefficient (Wildman–Crippen LogP) is 2.29. The summed E-state index contributed by atoms with van der Waals surface area (Å²) < 4.78 is 4.93. The number of amides is 1. The molecule has 1 aromatic heterocycles. The number of carbonyl (C=O) groups excluding carboxylic acids is 1. The molecule has 2 rings (SSSR count). The molecule has 1 aromatic rings. The highest BCUT2D eigenvalue weighted by molar-refractivity contribution is 5.91. The van der Waals surface area contributed by atoms with E-state index in [9.17, 15) is 4.79 Å². The summed E-state index contributed by atoms with van der Waals surface area (Å²) in [5.74, 6) is 0.880. The van der Waals surface area contributed by atoms with E-state index in [1.165, 1.54) is 12.8 Å². The molecular weight excluding hydrogens is 204 g/mol. The molecule has 1 saturated carbocycles. The Morgan fingerprint density at radius 2 is 2.38 bits per heavy atom. The van der Waals surface area contributed by atoms with Crippen LogP contribution in [0.1, 0.15) is 48.9 Å². The first-order valence-corrected chi connectivity index (χ1v) is 5.89. The molecule has 4 nitrogen and oxygen atoms in total. The van der Waals surface area contributed by atoms with Gasteiger partial charge in [0.05, 0.1) is 5.69 Å². The van der Waals surface area contributed by atoms with Crippen LogP contribution in [-0.4, -0.2) is 17.1 Å². The SMILES string of the molecule is Cc1cc(C(=O)NC2CCCC(C)C2)on1. The molecular formula is C12H18N2O2. The zero-order chi connectivity index (χ0) is 11.5. The largest absolute Gasteiger partial charge is 0.351 e. The van der Waals surface area contributed by atoms with Crippen LogP contribution in [0, 0.1) is 12.8 Å². The normalized spacial score (nSPS) is 25.4. The van der Waals surface area contributed by atoms with E-state index in [1.54, 1.807) is 6.07 Å². The summed E-state index contributed by atoms with van der Waals surface area (Å²) in [6, 6.07) is 1.96. The van der Waals surface area contributed by atoms with Crippen LogP contribution in [0.15, 0.2) is 10.6 Å². The minimum Gasteiger partial charge on any atom is -0.351 e. The van der Waals surface area contributed by atoms with E-state index >= 15 is 0 Å². The number of hydrogen-bond donors (Lipinski definition) is 1. The van der Waals surface area contributed by atoms with Crippen LogP contribution in [0.25, 0.3) is 0 Å². The Hall–Kier alpha value is -1.32. The lowest BCUT2D eigenvalue weighted by atomic mass is 9.87. The van der Waals surface area contributed by atoms with Crippen molar-refractivity contribution in [2.45, 2.75) is 45.6 Å². The third kappa shape index (κ3) is 2.62. The fourth-order valence-corrected chi connectivity index (χ4v) is 2.29. The van der Waals surface area contributed by atoms with Crippen LogP contribution in [-0.2, 0) is 0 Å². The number of nitrogens with one attached hydrogen (secondary N) is 1. The highest BCUT2D eigenvalue weighted by Crippen LogP contribution is 2.23. The summed E-state index contributed by atoms with van der Waals surface area (Å²) >= 11 is 0. The minimum absolute atomic E-state index is 0.139. The van der Waals surface area contributed by atoms with Crippen LogP contribution in [0.3, 0.4) is 0 Å². The monoisotopic (exact) mass is 222 g/mol.